The summed E-state index contributed by atoms with van der Waals surface area (Å²) in [6, 6.07) is -1.10. The molecule has 3 atom stereocenters. The lowest BCUT2D eigenvalue weighted by molar-refractivity contribution is -0.141. The highest BCUT2D eigenvalue weighted by Crippen LogP contribution is 2.30. The molecule has 0 saturated heterocycles. The molecule has 5 heteroatoms. The highest BCUT2D eigenvalue weighted by Gasteiger charge is 2.26. The maximum Gasteiger partial charge on any atom is 0.326 e. The predicted octanol–water partition coefficient (Wildman–Crippen LogP) is 1.54. The van der Waals surface area contributed by atoms with E-state index in [4.69, 9.17) is 5.11 Å². The van der Waals surface area contributed by atoms with Crippen molar-refractivity contribution in [3.05, 3.63) is 0 Å². The second-order valence-electron chi connectivity index (χ2n) is 4.98. The average Bonchev–Trinajstić information content (AvgIpc) is 2.69. The van der Waals surface area contributed by atoms with Crippen LogP contribution in [0.25, 0.3) is 0 Å². The van der Waals surface area contributed by atoms with E-state index >= 15 is 0 Å². The Bertz CT molecular complexity index is 293. The summed E-state index contributed by atoms with van der Waals surface area (Å²) in [6.45, 7) is 4.35. The number of hydrogen-bond acceptors (Lipinski definition) is 2. The van der Waals surface area contributed by atoms with Crippen LogP contribution in [0.1, 0.15) is 33.1 Å². The number of amides is 2. The third kappa shape index (κ3) is 3.61. The molecule has 0 bridgehead atoms. The van der Waals surface area contributed by atoms with Crippen LogP contribution >= 0.6 is 0 Å². The van der Waals surface area contributed by atoms with Gasteiger partial charge in [0.05, 0.1) is 0 Å². The standard InChI is InChI=1S/C12H22N2O3/c1-8-5-4-6-10(8)7-13-12(17)14(3)9(2)11(15)16/h8-10H,4-7H2,1-3H3,(H,13,17)(H,15,16). The van der Waals surface area contributed by atoms with Gasteiger partial charge in [0.1, 0.15) is 6.04 Å². The van der Waals surface area contributed by atoms with Gasteiger partial charge in [-0.15, -0.1) is 0 Å². The molecule has 0 aliphatic heterocycles. The molecule has 0 spiro atoms. The minimum absolute atomic E-state index is 0.306. The lowest BCUT2D eigenvalue weighted by Gasteiger charge is -2.23. The number of aliphatic carboxylic acids is 1. The zero-order chi connectivity index (χ0) is 13.0. The van der Waals surface area contributed by atoms with E-state index < -0.39 is 12.0 Å². The lowest BCUT2D eigenvalue weighted by atomic mass is 9.98. The van der Waals surface area contributed by atoms with Crippen molar-refractivity contribution >= 4 is 12.0 Å². The summed E-state index contributed by atoms with van der Waals surface area (Å²) in [6.07, 6.45) is 3.60. The zero-order valence-corrected chi connectivity index (χ0v) is 10.8. The van der Waals surface area contributed by atoms with Gasteiger partial charge in [0.2, 0.25) is 0 Å². The van der Waals surface area contributed by atoms with Crippen molar-refractivity contribution in [3.63, 3.8) is 0 Å². The second-order valence-corrected chi connectivity index (χ2v) is 4.98. The Balaban J connectivity index is 2.36. The van der Waals surface area contributed by atoms with E-state index in [1.807, 2.05) is 0 Å². The van der Waals surface area contributed by atoms with E-state index in [0.717, 1.165) is 6.42 Å². The van der Waals surface area contributed by atoms with Crippen molar-refractivity contribution in [1.82, 2.24) is 10.2 Å². The van der Waals surface area contributed by atoms with E-state index in [1.165, 1.54) is 31.7 Å². The van der Waals surface area contributed by atoms with Gasteiger partial charge in [-0.05, 0) is 25.2 Å². The number of nitrogens with one attached hydrogen (secondary N) is 1. The quantitative estimate of drug-likeness (QED) is 0.785. The van der Waals surface area contributed by atoms with Crippen LogP contribution in [0.4, 0.5) is 4.79 Å². The molecule has 2 N–H and O–H groups in total. The van der Waals surface area contributed by atoms with Gasteiger partial charge in [0.25, 0.3) is 0 Å². The first-order chi connectivity index (χ1) is 7.93. The number of carbonyl (C=O) groups is 2. The number of rotatable bonds is 4. The van der Waals surface area contributed by atoms with E-state index in [-0.39, 0.29) is 6.03 Å². The molecule has 1 saturated carbocycles. The van der Waals surface area contributed by atoms with Crippen molar-refractivity contribution in [2.75, 3.05) is 13.6 Å². The van der Waals surface area contributed by atoms with Crippen molar-refractivity contribution in [1.29, 1.82) is 0 Å². The highest BCUT2D eigenvalue weighted by atomic mass is 16.4. The summed E-state index contributed by atoms with van der Waals surface area (Å²) in [5.74, 6) is 0.196. The molecular formula is C12H22N2O3. The molecule has 5 nitrogen and oxygen atoms in total. The summed E-state index contributed by atoms with van der Waals surface area (Å²) >= 11 is 0. The smallest absolute Gasteiger partial charge is 0.326 e. The van der Waals surface area contributed by atoms with Gasteiger partial charge in [-0.3, -0.25) is 0 Å². The fourth-order valence-electron chi connectivity index (χ4n) is 2.21. The molecule has 2 amide bonds. The van der Waals surface area contributed by atoms with Crippen molar-refractivity contribution in [2.45, 2.75) is 39.2 Å². The summed E-state index contributed by atoms with van der Waals surface area (Å²) in [5, 5.41) is 11.6. The Labute approximate surface area is 102 Å². The fourth-order valence-corrected chi connectivity index (χ4v) is 2.21. The Hall–Kier alpha value is -1.26. The van der Waals surface area contributed by atoms with E-state index in [1.54, 1.807) is 0 Å². The third-order valence-electron chi connectivity index (χ3n) is 3.81. The van der Waals surface area contributed by atoms with E-state index in [9.17, 15) is 9.59 Å². The average molecular weight is 242 g/mol. The zero-order valence-electron chi connectivity index (χ0n) is 10.8. The normalized spacial score (nSPS) is 25.4. The fraction of sp³-hybridized carbons (Fsp3) is 0.833. The molecule has 1 aliphatic rings. The number of nitrogens with zero attached hydrogens (tertiary/aromatic N) is 1. The van der Waals surface area contributed by atoms with Crippen LogP contribution in [0.3, 0.4) is 0 Å². The summed E-state index contributed by atoms with van der Waals surface area (Å²) < 4.78 is 0. The Morgan fingerprint density at radius 2 is 2.12 bits per heavy atom. The number of carbonyl (C=O) groups excluding carboxylic acids is 1. The summed E-state index contributed by atoms with van der Waals surface area (Å²) in [5.41, 5.74) is 0. The number of carboxylic acid groups (broad SMARTS) is 1. The molecule has 0 aromatic rings. The molecule has 0 radical (unpaired) electrons. The SMILES string of the molecule is CC1CCCC1CNC(=O)N(C)C(C)C(=O)O. The van der Waals surface area contributed by atoms with Crippen LogP contribution in [-0.2, 0) is 4.79 Å². The van der Waals surface area contributed by atoms with Gasteiger partial charge >= 0.3 is 12.0 Å². The van der Waals surface area contributed by atoms with Crippen LogP contribution < -0.4 is 5.32 Å². The molecule has 0 aromatic heterocycles. The van der Waals surface area contributed by atoms with Gasteiger partial charge in [0.15, 0.2) is 0 Å². The van der Waals surface area contributed by atoms with Crippen molar-refractivity contribution < 1.29 is 14.7 Å². The third-order valence-corrected chi connectivity index (χ3v) is 3.81. The van der Waals surface area contributed by atoms with Gasteiger partial charge in [-0.25, -0.2) is 9.59 Å². The minimum Gasteiger partial charge on any atom is -0.480 e. The monoisotopic (exact) mass is 242 g/mol. The summed E-state index contributed by atoms with van der Waals surface area (Å²) in [7, 11) is 1.51. The second kappa shape index (κ2) is 5.89. The first-order valence-corrected chi connectivity index (χ1v) is 6.17. The van der Waals surface area contributed by atoms with Crippen LogP contribution in [0, 0.1) is 11.8 Å². The Morgan fingerprint density at radius 3 is 2.59 bits per heavy atom. The largest absolute Gasteiger partial charge is 0.480 e. The molecule has 0 aromatic carbocycles. The maximum atomic E-state index is 11.7. The summed E-state index contributed by atoms with van der Waals surface area (Å²) in [4.78, 5) is 23.7. The number of carboxylic acids is 1. The van der Waals surface area contributed by atoms with Gasteiger partial charge < -0.3 is 15.3 Å². The molecule has 3 unspecified atom stereocenters. The van der Waals surface area contributed by atoms with Crippen molar-refractivity contribution in [2.24, 2.45) is 11.8 Å². The molecule has 0 heterocycles. The number of likely N-dealkylation sites (N-methyl/N-ethyl adjacent to an activating group) is 1. The van der Waals surface area contributed by atoms with Crippen LogP contribution in [-0.4, -0.2) is 41.6 Å². The Morgan fingerprint density at radius 1 is 1.47 bits per heavy atom. The predicted molar refractivity (Wildman–Crippen MR) is 64.8 cm³/mol. The van der Waals surface area contributed by atoms with Crippen LogP contribution in [0.15, 0.2) is 0 Å². The minimum atomic E-state index is -0.989. The highest BCUT2D eigenvalue weighted by molar-refractivity contribution is 5.82. The molecule has 1 rings (SSSR count). The number of urea groups is 1. The molecule has 1 aliphatic carbocycles. The first-order valence-electron chi connectivity index (χ1n) is 6.17. The number of hydrogen-bond donors (Lipinski definition) is 2. The van der Waals surface area contributed by atoms with Crippen LogP contribution in [0.2, 0.25) is 0 Å². The van der Waals surface area contributed by atoms with Crippen molar-refractivity contribution in [3.8, 4) is 0 Å². The van der Waals surface area contributed by atoms with Crippen LogP contribution in [0.5, 0.6) is 0 Å². The van der Waals surface area contributed by atoms with Gasteiger partial charge in [0, 0.05) is 13.6 Å². The first kappa shape index (κ1) is 13.8. The van der Waals surface area contributed by atoms with Gasteiger partial charge in [-0.2, -0.15) is 0 Å². The molecule has 17 heavy (non-hydrogen) atoms. The van der Waals surface area contributed by atoms with Gasteiger partial charge in [-0.1, -0.05) is 19.8 Å². The Kier molecular flexibility index (Phi) is 4.78. The topological polar surface area (TPSA) is 69.6 Å². The maximum absolute atomic E-state index is 11.7. The molecular weight excluding hydrogens is 220 g/mol. The van der Waals surface area contributed by atoms with E-state index in [2.05, 4.69) is 12.2 Å². The van der Waals surface area contributed by atoms with E-state index in [0.29, 0.717) is 18.4 Å². The lowest BCUT2D eigenvalue weighted by Crippen LogP contribution is -2.47. The molecule has 1 fully saturated rings. The molecule has 98 valence electrons.